The van der Waals surface area contributed by atoms with E-state index in [1.807, 2.05) is 31.2 Å². The van der Waals surface area contributed by atoms with Crippen molar-refractivity contribution < 1.29 is 194 Å². The number of anilines is 4. The SMILES string of the molecule is CC(=O)NCCOCCOCCOCCN.CC(=O)NCCOCCOCCOCCOC(=O)Nc1ccc(N2C(=O)C=CC2=O)cc1.CNC(=O)OCCOCCOCCOCCNC(C)=O.O=C=Nc1ccc(N2C(=O)C=CC2=O)cc1.[CH2-]C.[CH2-]C.[CH2-]COCCOCCS.[CH2-]COCCOCCSC1CC(=O)N(c2ccc(C)cc2)C1=O.[Y].[Y]. The number of carbonyl (C=O) groups excluding carboxylic acids is 12. The minimum absolute atomic E-state index is 0. The molecule has 41 heteroatoms. The first-order valence-electron chi connectivity index (χ1n) is 38.5. The number of alkyl carbamates (subject to hydrolysis) is 1. The van der Waals surface area contributed by atoms with Crippen molar-refractivity contribution in [2.24, 2.45) is 10.7 Å². The molecule has 122 heavy (non-hydrogen) atoms. The number of ether oxygens (including phenoxy) is 15. The van der Waals surface area contributed by atoms with Crippen LogP contribution in [0.4, 0.5) is 38.0 Å². The van der Waals surface area contributed by atoms with Gasteiger partial charge < -0.3 is 126 Å². The average molecular weight is 1910 g/mol. The minimum Gasteiger partial charge on any atom is -0.447 e. The number of hydrogen-bond donors (Lipinski definition) is 7. The van der Waals surface area contributed by atoms with Gasteiger partial charge in [-0.1, -0.05) is 30.9 Å². The van der Waals surface area contributed by atoms with Gasteiger partial charge in [0.2, 0.25) is 35.6 Å². The van der Waals surface area contributed by atoms with Crippen molar-refractivity contribution in [1.82, 2.24) is 21.3 Å². The number of carbonyl (C=O) groups is 11. The van der Waals surface area contributed by atoms with Gasteiger partial charge in [0.1, 0.15) is 13.2 Å². The zero-order valence-electron chi connectivity index (χ0n) is 71.3. The molecule has 1 fully saturated rings. The molecule has 6 rings (SSSR count). The molecule has 0 aliphatic carbocycles. The first-order chi connectivity index (χ1) is 58.2. The maximum absolute atomic E-state index is 12.4. The summed E-state index contributed by atoms with van der Waals surface area (Å²) in [7, 11) is 1.50. The molecular weight excluding hydrogens is 1790 g/mol. The molecule has 2 radical (unpaired) electrons. The van der Waals surface area contributed by atoms with Crippen LogP contribution in [-0.4, -0.2) is 306 Å². The molecule has 37 nitrogen and oxygen atoms in total. The summed E-state index contributed by atoms with van der Waals surface area (Å²) in [6.45, 7) is 38.4. The Morgan fingerprint density at radius 3 is 1.13 bits per heavy atom. The number of isocyanates is 1. The summed E-state index contributed by atoms with van der Waals surface area (Å²) in [4.78, 5) is 141. The number of hydrogen-bond acceptors (Lipinski definition) is 31. The van der Waals surface area contributed by atoms with E-state index in [0.29, 0.717) is 226 Å². The van der Waals surface area contributed by atoms with Gasteiger partial charge in [-0.05, 0) is 67.6 Å². The van der Waals surface area contributed by atoms with Crippen molar-refractivity contribution in [3.05, 3.63) is 130 Å². The summed E-state index contributed by atoms with van der Waals surface area (Å²) < 4.78 is 77.3. The molecule has 0 spiro atoms. The first-order valence-corrected chi connectivity index (χ1v) is 40.1. The number of thiol groups is 1. The smallest absolute Gasteiger partial charge is 0.411 e. The van der Waals surface area contributed by atoms with Crippen molar-refractivity contribution in [1.29, 1.82) is 0 Å². The normalized spacial score (nSPS) is 12.5. The molecule has 3 aliphatic rings. The van der Waals surface area contributed by atoms with E-state index in [-0.39, 0.29) is 138 Å². The fourth-order valence-corrected chi connectivity index (χ4v) is 9.74. The van der Waals surface area contributed by atoms with E-state index in [1.54, 1.807) is 50.2 Å². The van der Waals surface area contributed by atoms with Gasteiger partial charge in [-0.25, -0.2) is 29.1 Å². The molecule has 0 saturated carbocycles. The maximum atomic E-state index is 12.4. The average Bonchev–Trinajstić information content (AvgIpc) is 1.70. The monoisotopic (exact) mass is 1910 g/mol. The van der Waals surface area contributed by atoms with E-state index in [2.05, 4.69) is 71.9 Å². The number of nitrogens with zero attached hydrogens (tertiary/aromatic N) is 4. The van der Waals surface area contributed by atoms with Gasteiger partial charge in [-0.15, -0.1) is 11.8 Å². The minimum atomic E-state index is -0.649. The van der Waals surface area contributed by atoms with E-state index in [0.717, 1.165) is 21.1 Å². The largest absolute Gasteiger partial charge is 0.447 e. The Bertz CT molecular complexity index is 3340. The number of imide groups is 3. The fraction of sp³-hybridized carbons (Fsp3) is 0.531. The number of nitrogens with two attached hydrogens (primary N) is 1. The zero-order chi connectivity index (χ0) is 89.5. The molecule has 1 atom stereocenters. The molecule has 3 aromatic rings. The van der Waals surface area contributed by atoms with Crippen LogP contribution in [-0.2, 0) is 184 Å². The number of thioether (sulfide) groups is 1. The summed E-state index contributed by atoms with van der Waals surface area (Å²) >= 11 is 5.44. The van der Waals surface area contributed by atoms with Crippen LogP contribution in [0.15, 0.2) is 102 Å². The van der Waals surface area contributed by atoms with Crippen LogP contribution in [0, 0.1) is 34.6 Å². The Hall–Kier alpha value is -6.76. The third-order valence-corrected chi connectivity index (χ3v) is 15.3. The number of aryl methyl sites for hydroxylation is 1. The van der Waals surface area contributed by atoms with Crippen LogP contribution in [0.5, 0.6) is 0 Å². The first kappa shape index (κ1) is 122. The molecule has 1 unspecified atom stereocenters. The second kappa shape index (κ2) is 86.4. The quantitative estimate of drug-likeness (QED) is 0.00943. The second-order valence-electron chi connectivity index (χ2n) is 23.0. The number of benzene rings is 3. The molecule has 0 bridgehead atoms. The van der Waals surface area contributed by atoms with Gasteiger partial charge in [0, 0.05) is 167 Å². The number of nitrogens with one attached hydrogen (secondary N) is 5. The second-order valence-corrected chi connectivity index (χ2v) is 24.7. The third kappa shape index (κ3) is 66.7. The van der Waals surface area contributed by atoms with Crippen molar-refractivity contribution in [3.8, 4) is 0 Å². The van der Waals surface area contributed by atoms with Gasteiger partial charge in [0.25, 0.3) is 23.6 Å². The summed E-state index contributed by atoms with van der Waals surface area (Å²) in [6, 6.07) is 19.8. The van der Waals surface area contributed by atoms with E-state index in [4.69, 9.17) is 76.8 Å². The molecule has 0 aromatic heterocycles. The van der Waals surface area contributed by atoms with Crippen molar-refractivity contribution in [2.75, 3.05) is 250 Å². The van der Waals surface area contributed by atoms with Gasteiger partial charge >= 0.3 is 12.2 Å². The number of aliphatic imine (C=N–C) groups is 1. The summed E-state index contributed by atoms with van der Waals surface area (Å²) in [6.07, 6.45) is 5.36. The van der Waals surface area contributed by atoms with E-state index in [9.17, 15) is 57.5 Å². The van der Waals surface area contributed by atoms with E-state index < -0.39 is 24.0 Å². The Morgan fingerprint density at radius 2 is 0.779 bits per heavy atom. The van der Waals surface area contributed by atoms with Crippen LogP contribution >= 0.6 is 24.4 Å². The van der Waals surface area contributed by atoms with E-state index in [1.165, 1.54) is 87.0 Å². The molecule has 3 aliphatic heterocycles. The Kier molecular flexibility index (Phi) is 86.0. The number of rotatable bonds is 54. The Morgan fingerprint density at radius 1 is 0.459 bits per heavy atom. The van der Waals surface area contributed by atoms with Gasteiger partial charge in [0.15, 0.2) is 0 Å². The Balaban J connectivity index is -0.000000699. The molecular formula is C81H124N10O27S2Y2-4. The van der Waals surface area contributed by atoms with Crippen molar-refractivity contribution in [3.63, 3.8) is 0 Å². The maximum Gasteiger partial charge on any atom is 0.411 e. The summed E-state index contributed by atoms with van der Waals surface area (Å²) in [5.41, 5.74) is 8.73. The van der Waals surface area contributed by atoms with E-state index >= 15 is 0 Å². The van der Waals surface area contributed by atoms with Gasteiger partial charge in [-0.2, -0.15) is 31.5 Å². The summed E-state index contributed by atoms with van der Waals surface area (Å²) in [5.74, 6) is -0.608. The van der Waals surface area contributed by atoms with Crippen LogP contribution < -0.4 is 47.0 Å². The molecule has 1 saturated heterocycles. The molecule has 3 aromatic carbocycles. The molecule has 3 heterocycles. The standard InChI is InChI=1S/C21H27N3O8.C17H22NO4S.C12H24N2O6.C11H6N2O3.C10H22N2O4.C6H13O2S.2C2H5.2Y/c1-16(25)22-8-9-29-10-11-30-12-13-31-14-15-32-21(28)23-17-2-4-18(5-3-17)24-19(26)6-7-20(24)27;1-3-21-8-9-22-10-11-23-15-12-16(19)18(17(15)20)14-6-4-13(2)5-7-14;1-11(15)14-3-4-17-5-6-18-7-8-19-9-10-20-12(16)13-2;14-7-12-8-1-3-9(4-2-8)13-10(15)5-6-11(13)16;1-10(13)12-3-5-15-7-9-16-8-6-14-4-2-11;1-2-7-3-4-8-5-6-9;2*1-2;;/h2-7H,8-15H2,1H3,(H,22,25)(H,23,28);4-7,15H,1,3,8-12H2,2H3;3-10H2,1-2H3,(H,13,16)(H,14,15);1-6H;2-9,11H2,1H3,(H,12,13);9H,1-6H2;2*1H2,2H3;;/q;-1;;;;3*-1;;. The Labute approximate surface area is 777 Å². The topological polar surface area (TPSA) is 452 Å². The number of amides is 11. The van der Waals surface area contributed by atoms with Crippen molar-refractivity contribution in [2.45, 2.75) is 53.2 Å². The van der Waals surface area contributed by atoms with Crippen LogP contribution in [0.3, 0.4) is 0 Å². The van der Waals surface area contributed by atoms with Crippen LogP contribution in [0.2, 0.25) is 0 Å². The van der Waals surface area contributed by atoms with Gasteiger partial charge in [-0.3, -0.25) is 48.5 Å². The predicted octanol–water partition coefficient (Wildman–Crippen LogP) is 5.28. The molecule has 682 valence electrons. The predicted molar refractivity (Wildman–Crippen MR) is 456 cm³/mol. The summed E-state index contributed by atoms with van der Waals surface area (Å²) in [5, 5.41) is 12.4. The molecule has 11 amide bonds. The van der Waals surface area contributed by atoms with Crippen LogP contribution in [0.1, 0.15) is 46.6 Å². The zero-order valence-corrected chi connectivity index (χ0v) is 78.7. The van der Waals surface area contributed by atoms with Gasteiger partial charge in [0.05, 0.1) is 187 Å². The third-order valence-electron chi connectivity index (χ3n) is 14.0. The van der Waals surface area contributed by atoms with Crippen molar-refractivity contribution >= 4 is 124 Å². The fourth-order valence-electron chi connectivity index (χ4n) is 8.61. The molecule has 7 N–H and O–H groups in total. The van der Waals surface area contributed by atoms with Crippen LogP contribution in [0.25, 0.3) is 0 Å².